The van der Waals surface area contributed by atoms with Crippen LogP contribution in [-0.2, 0) is 0 Å². The monoisotopic (exact) mass is 121 g/mol. The van der Waals surface area contributed by atoms with E-state index in [1.807, 2.05) is 0 Å². The van der Waals surface area contributed by atoms with Crippen LogP contribution in [0, 0.1) is 0 Å². The summed E-state index contributed by atoms with van der Waals surface area (Å²) < 4.78 is 23.8. The van der Waals surface area contributed by atoms with Crippen molar-refractivity contribution in [3.8, 4) is 0 Å². The van der Waals surface area contributed by atoms with E-state index in [0.717, 1.165) is 0 Å². The molecule has 1 nitrogen and oxygen atoms in total. The molecule has 2 atom stereocenters. The molecule has 1 heterocycles. The van der Waals surface area contributed by atoms with Gasteiger partial charge in [0.25, 0.3) is 0 Å². The summed E-state index contributed by atoms with van der Waals surface area (Å²) in [4.78, 5) is 0. The second-order valence-electron chi connectivity index (χ2n) is 2.09. The molecule has 0 radical (unpaired) electrons. The van der Waals surface area contributed by atoms with Gasteiger partial charge in [0.1, 0.15) is 12.8 Å². The lowest BCUT2D eigenvalue weighted by atomic mass is 10.2. The SMILES string of the molecule is FCC1CC(F)CN1. The van der Waals surface area contributed by atoms with E-state index in [1.165, 1.54) is 0 Å². The maximum atomic E-state index is 12.1. The van der Waals surface area contributed by atoms with Crippen LogP contribution in [-0.4, -0.2) is 25.4 Å². The fraction of sp³-hybridized carbons (Fsp3) is 1.00. The standard InChI is InChI=1S/C5H9F2N/c6-2-5-1-4(7)3-8-5/h4-5,8H,1-3H2. The van der Waals surface area contributed by atoms with Crippen molar-refractivity contribution in [3.05, 3.63) is 0 Å². The summed E-state index contributed by atoms with van der Waals surface area (Å²) in [7, 11) is 0. The van der Waals surface area contributed by atoms with Gasteiger partial charge >= 0.3 is 0 Å². The van der Waals surface area contributed by atoms with Crippen LogP contribution in [0.4, 0.5) is 8.78 Å². The number of hydrogen-bond acceptors (Lipinski definition) is 1. The van der Waals surface area contributed by atoms with Crippen LogP contribution in [0.5, 0.6) is 0 Å². The number of halogens is 2. The molecular formula is C5H9F2N. The lowest BCUT2D eigenvalue weighted by Gasteiger charge is -1.99. The molecule has 1 saturated heterocycles. The van der Waals surface area contributed by atoms with E-state index in [1.54, 1.807) is 0 Å². The Morgan fingerprint density at radius 1 is 1.62 bits per heavy atom. The van der Waals surface area contributed by atoms with Crippen LogP contribution in [0.2, 0.25) is 0 Å². The average Bonchev–Trinajstić information content (AvgIpc) is 2.14. The van der Waals surface area contributed by atoms with Gasteiger partial charge in [-0.05, 0) is 6.42 Å². The molecule has 0 saturated carbocycles. The summed E-state index contributed by atoms with van der Waals surface area (Å²) in [5.41, 5.74) is 0. The van der Waals surface area contributed by atoms with Crippen LogP contribution in [0.3, 0.4) is 0 Å². The predicted molar refractivity (Wildman–Crippen MR) is 27.3 cm³/mol. The average molecular weight is 121 g/mol. The highest BCUT2D eigenvalue weighted by atomic mass is 19.1. The Kier molecular flexibility index (Phi) is 1.78. The highest BCUT2D eigenvalue weighted by Gasteiger charge is 2.22. The minimum Gasteiger partial charge on any atom is -0.308 e. The Morgan fingerprint density at radius 3 is 2.62 bits per heavy atom. The molecule has 1 aliphatic rings. The van der Waals surface area contributed by atoms with Gasteiger partial charge < -0.3 is 5.32 Å². The summed E-state index contributed by atoms with van der Waals surface area (Å²) in [6.07, 6.45) is -0.480. The fourth-order valence-electron chi connectivity index (χ4n) is 0.887. The van der Waals surface area contributed by atoms with Gasteiger partial charge in [-0.2, -0.15) is 0 Å². The van der Waals surface area contributed by atoms with E-state index < -0.39 is 12.8 Å². The van der Waals surface area contributed by atoms with Crippen LogP contribution in [0.15, 0.2) is 0 Å². The minimum absolute atomic E-state index is 0.218. The normalized spacial score (nSPS) is 38.2. The topological polar surface area (TPSA) is 12.0 Å². The molecule has 1 fully saturated rings. The Morgan fingerprint density at radius 2 is 2.38 bits per heavy atom. The largest absolute Gasteiger partial charge is 0.308 e. The number of hydrogen-bond donors (Lipinski definition) is 1. The maximum Gasteiger partial charge on any atom is 0.114 e. The first-order valence-corrected chi connectivity index (χ1v) is 2.76. The lowest BCUT2D eigenvalue weighted by Crippen LogP contribution is -2.22. The molecule has 0 amide bonds. The zero-order chi connectivity index (χ0) is 5.98. The van der Waals surface area contributed by atoms with Gasteiger partial charge in [0.2, 0.25) is 0 Å². The second kappa shape index (κ2) is 2.40. The lowest BCUT2D eigenvalue weighted by molar-refractivity contribution is 0.341. The highest BCUT2D eigenvalue weighted by molar-refractivity contribution is 4.80. The number of nitrogens with one attached hydrogen (secondary N) is 1. The molecule has 2 unspecified atom stereocenters. The summed E-state index contributed by atoms with van der Waals surface area (Å²) in [6.45, 7) is -0.116. The molecule has 0 bridgehead atoms. The third-order valence-electron chi connectivity index (χ3n) is 1.35. The van der Waals surface area contributed by atoms with Crippen molar-refractivity contribution in [1.29, 1.82) is 0 Å². The van der Waals surface area contributed by atoms with Gasteiger partial charge in [-0.15, -0.1) is 0 Å². The molecule has 0 aromatic heterocycles. The molecule has 0 spiro atoms. The summed E-state index contributed by atoms with van der Waals surface area (Å²) in [6, 6.07) is -0.218. The fourth-order valence-corrected chi connectivity index (χ4v) is 0.887. The highest BCUT2D eigenvalue weighted by Crippen LogP contribution is 2.09. The molecule has 0 aromatic carbocycles. The Hall–Kier alpha value is -0.180. The van der Waals surface area contributed by atoms with E-state index in [0.29, 0.717) is 13.0 Å². The van der Waals surface area contributed by atoms with Crippen molar-refractivity contribution in [3.63, 3.8) is 0 Å². The van der Waals surface area contributed by atoms with E-state index in [2.05, 4.69) is 5.32 Å². The molecule has 0 aromatic rings. The van der Waals surface area contributed by atoms with E-state index in [9.17, 15) is 8.78 Å². The van der Waals surface area contributed by atoms with E-state index in [-0.39, 0.29) is 6.04 Å². The molecule has 3 heteroatoms. The van der Waals surface area contributed by atoms with Gasteiger partial charge in [-0.25, -0.2) is 8.78 Å². The Balaban J connectivity index is 2.22. The molecule has 1 rings (SSSR count). The molecule has 0 aliphatic carbocycles. The Labute approximate surface area is 47.1 Å². The first-order chi connectivity index (χ1) is 3.83. The van der Waals surface area contributed by atoms with Gasteiger partial charge in [-0.1, -0.05) is 0 Å². The van der Waals surface area contributed by atoms with Crippen molar-refractivity contribution in [1.82, 2.24) is 5.32 Å². The Bertz CT molecular complexity index is 76.8. The van der Waals surface area contributed by atoms with Crippen LogP contribution in [0.25, 0.3) is 0 Å². The number of alkyl halides is 2. The smallest absolute Gasteiger partial charge is 0.114 e. The van der Waals surface area contributed by atoms with Gasteiger partial charge in [0.05, 0.1) is 0 Å². The third kappa shape index (κ3) is 1.15. The zero-order valence-electron chi connectivity index (χ0n) is 4.53. The number of rotatable bonds is 1. The maximum absolute atomic E-state index is 12.1. The quantitative estimate of drug-likeness (QED) is 0.537. The van der Waals surface area contributed by atoms with Gasteiger partial charge in [0.15, 0.2) is 0 Å². The first kappa shape index (κ1) is 5.95. The second-order valence-corrected chi connectivity index (χ2v) is 2.09. The van der Waals surface area contributed by atoms with Crippen molar-refractivity contribution >= 4 is 0 Å². The van der Waals surface area contributed by atoms with Gasteiger partial charge in [0, 0.05) is 12.6 Å². The molecular weight excluding hydrogens is 112 g/mol. The summed E-state index contributed by atoms with van der Waals surface area (Å²) in [5, 5.41) is 2.71. The predicted octanol–water partition coefficient (Wildman–Crippen LogP) is 0.656. The van der Waals surface area contributed by atoms with Crippen molar-refractivity contribution < 1.29 is 8.78 Å². The van der Waals surface area contributed by atoms with Crippen molar-refractivity contribution in [2.45, 2.75) is 18.6 Å². The van der Waals surface area contributed by atoms with Crippen LogP contribution in [0.1, 0.15) is 6.42 Å². The van der Waals surface area contributed by atoms with Crippen LogP contribution >= 0.6 is 0 Å². The van der Waals surface area contributed by atoms with Gasteiger partial charge in [-0.3, -0.25) is 0 Å². The summed E-state index contributed by atoms with van der Waals surface area (Å²) >= 11 is 0. The molecule has 48 valence electrons. The summed E-state index contributed by atoms with van der Waals surface area (Å²) in [5.74, 6) is 0. The molecule has 1 N–H and O–H groups in total. The van der Waals surface area contributed by atoms with Crippen molar-refractivity contribution in [2.24, 2.45) is 0 Å². The molecule has 8 heavy (non-hydrogen) atoms. The van der Waals surface area contributed by atoms with Crippen molar-refractivity contribution in [2.75, 3.05) is 13.2 Å². The van der Waals surface area contributed by atoms with E-state index in [4.69, 9.17) is 0 Å². The molecule has 1 aliphatic heterocycles. The van der Waals surface area contributed by atoms with E-state index >= 15 is 0 Å². The zero-order valence-corrected chi connectivity index (χ0v) is 4.53. The first-order valence-electron chi connectivity index (χ1n) is 2.76. The van der Waals surface area contributed by atoms with Crippen LogP contribution < -0.4 is 5.32 Å². The third-order valence-corrected chi connectivity index (χ3v) is 1.35. The minimum atomic E-state index is -0.823.